The molecule has 3 nitrogen and oxygen atoms in total. The van der Waals surface area contributed by atoms with Gasteiger partial charge in [0.15, 0.2) is 0 Å². The number of carbonyl (C=O) groups excluding carboxylic acids is 1. The summed E-state index contributed by atoms with van der Waals surface area (Å²) < 4.78 is 4.98. The van der Waals surface area contributed by atoms with Crippen LogP contribution in [-0.4, -0.2) is 12.6 Å². The molecule has 0 bridgehead atoms. The molecule has 1 aromatic carbocycles. The molecule has 0 radical (unpaired) electrons. The van der Waals surface area contributed by atoms with E-state index in [1.807, 2.05) is 13.0 Å². The van der Waals surface area contributed by atoms with Crippen LogP contribution >= 0.6 is 11.6 Å². The summed E-state index contributed by atoms with van der Waals surface area (Å²) in [7, 11) is 0. The molecule has 90 valence electrons. The van der Waals surface area contributed by atoms with E-state index >= 15 is 0 Å². The van der Waals surface area contributed by atoms with Crippen molar-refractivity contribution in [1.29, 1.82) is 5.26 Å². The van der Waals surface area contributed by atoms with Gasteiger partial charge in [0.1, 0.15) is 0 Å². The zero-order valence-corrected chi connectivity index (χ0v) is 10.7. The first-order valence-corrected chi connectivity index (χ1v) is 6.00. The SMILES string of the molecule is CCOC(=O)c1cc(C#N)cc(CCl)c1CC. The number of benzene rings is 1. The summed E-state index contributed by atoms with van der Waals surface area (Å²) in [6.07, 6.45) is 0.682. The lowest BCUT2D eigenvalue weighted by molar-refractivity contribution is 0.0525. The van der Waals surface area contributed by atoms with Crippen molar-refractivity contribution in [2.24, 2.45) is 0 Å². The predicted octanol–water partition coefficient (Wildman–Crippen LogP) is 3.04. The molecule has 0 spiro atoms. The van der Waals surface area contributed by atoms with E-state index in [9.17, 15) is 4.79 Å². The van der Waals surface area contributed by atoms with E-state index < -0.39 is 5.97 Å². The van der Waals surface area contributed by atoms with Gasteiger partial charge in [-0.2, -0.15) is 5.26 Å². The Hall–Kier alpha value is -1.53. The summed E-state index contributed by atoms with van der Waals surface area (Å²) in [6.45, 7) is 4.01. The first-order valence-electron chi connectivity index (χ1n) is 5.46. The Morgan fingerprint density at radius 1 is 1.47 bits per heavy atom. The normalized spacial score (nSPS) is 9.76. The van der Waals surface area contributed by atoms with Crippen molar-refractivity contribution in [3.63, 3.8) is 0 Å². The first-order chi connectivity index (χ1) is 8.17. The second kappa shape index (κ2) is 6.27. The fourth-order valence-electron chi connectivity index (χ4n) is 1.72. The van der Waals surface area contributed by atoms with Crippen LogP contribution in [0, 0.1) is 11.3 Å². The Bertz CT molecular complexity index is 463. The maximum atomic E-state index is 11.8. The van der Waals surface area contributed by atoms with Crippen molar-refractivity contribution in [3.8, 4) is 6.07 Å². The van der Waals surface area contributed by atoms with E-state index in [1.165, 1.54) is 0 Å². The molecule has 0 aliphatic heterocycles. The average Bonchev–Trinajstić information content (AvgIpc) is 2.37. The highest BCUT2D eigenvalue weighted by atomic mass is 35.5. The number of hydrogen-bond acceptors (Lipinski definition) is 3. The van der Waals surface area contributed by atoms with Gasteiger partial charge in [-0.15, -0.1) is 11.6 Å². The van der Waals surface area contributed by atoms with E-state index in [0.29, 0.717) is 24.2 Å². The van der Waals surface area contributed by atoms with Crippen molar-refractivity contribution in [2.75, 3.05) is 6.61 Å². The highest BCUT2D eigenvalue weighted by Gasteiger charge is 2.16. The molecule has 0 aliphatic rings. The van der Waals surface area contributed by atoms with Crippen LogP contribution in [0.3, 0.4) is 0 Å². The highest BCUT2D eigenvalue weighted by molar-refractivity contribution is 6.17. The number of nitrogens with zero attached hydrogens (tertiary/aromatic N) is 1. The number of hydrogen-bond donors (Lipinski definition) is 0. The van der Waals surface area contributed by atoms with Gasteiger partial charge in [-0.1, -0.05) is 6.92 Å². The van der Waals surface area contributed by atoms with Gasteiger partial charge in [-0.3, -0.25) is 0 Å². The summed E-state index contributed by atoms with van der Waals surface area (Å²) in [5, 5.41) is 8.91. The van der Waals surface area contributed by atoms with E-state index in [1.54, 1.807) is 19.1 Å². The van der Waals surface area contributed by atoms with Crippen LogP contribution in [0.15, 0.2) is 12.1 Å². The highest BCUT2D eigenvalue weighted by Crippen LogP contribution is 2.21. The average molecular weight is 252 g/mol. The molecule has 4 heteroatoms. The summed E-state index contributed by atoms with van der Waals surface area (Å²) in [6, 6.07) is 5.30. The zero-order valence-electron chi connectivity index (χ0n) is 9.92. The molecule has 0 saturated carbocycles. The van der Waals surface area contributed by atoms with Gasteiger partial charge in [0.25, 0.3) is 0 Å². The van der Waals surface area contributed by atoms with Crippen molar-refractivity contribution in [1.82, 2.24) is 0 Å². The molecule has 1 aromatic rings. The summed E-state index contributed by atoms with van der Waals surface area (Å²) in [5.41, 5.74) is 2.55. The summed E-state index contributed by atoms with van der Waals surface area (Å²) in [4.78, 5) is 11.8. The molecule has 0 atom stereocenters. The minimum atomic E-state index is -0.396. The number of ether oxygens (including phenoxy) is 1. The van der Waals surface area contributed by atoms with Gasteiger partial charge in [-0.25, -0.2) is 4.79 Å². The van der Waals surface area contributed by atoms with Crippen LogP contribution in [0.4, 0.5) is 0 Å². The second-order valence-corrected chi connectivity index (χ2v) is 3.75. The Kier molecular flexibility index (Phi) is 4.99. The zero-order chi connectivity index (χ0) is 12.8. The molecule has 0 N–H and O–H groups in total. The van der Waals surface area contributed by atoms with Crippen LogP contribution in [0.2, 0.25) is 0 Å². The molecule has 0 aromatic heterocycles. The minimum absolute atomic E-state index is 0.283. The van der Waals surface area contributed by atoms with Gasteiger partial charge in [0.05, 0.1) is 23.8 Å². The molecule has 0 heterocycles. The Labute approximate surface area is 106 Å². The Balaban J connectivity index is 3.35. The van der Waals surface area contributed by atoms with Gasteiger partial charge < -0.3 is 4.74 Å². The summed E-state index contributed by atoms with van der Waals surface area (Å²) in [5.74, 6) is -0.113. The van der Waals surface area contributed by atoms with Gasteiger partial charge in [-0.05, 0) is 36.6 Å². The van der Waals surface area contributed by atoms with E-state index in [0.717, 1.165) is 11.1 Å². The first kappa shape index (κ1) is 13.5. The second-order valence-electron chi connectivity index (χ2n) is 3.48. The van der Waals surface area contributed by atoms with Crippen LogP contribution in [-0.2, 0) is 17.0 Å². The molecule has 1 rings (SSSR count). The van der Waals surface area contributed by atoms with Crippen LogP contribution in [0.5, 0.6) is 0 Å². The fourth-order valence-corrected chi connectivity index (χ4v) is 1.96. The lowest BCUT2D eigenvalue weighted by Crippen LogP contribution is -2.10. The van der Waals surface area contributed by atoms with Crippen LogP contribution in [0.25, 0.3) is 0 Å². The fraction of sp³-hybridized carbons (Fsp3) is 0.385. The van der Waals surface area contributed by atoms with Crippen LogP contribution in [0.1, 0.15) is 40.9 Å². The lowest BCUT2D eigenvalue weighted by Gasteiger charge is -2.11. The third-order valence-electron chi connectivity index (χ3n) is 2.46. The lowest BCUT2D eigenvalue weighted by atomic mass is 9.97. The number of esters is 1. The quantitative estimate of drug-likeness (QED) is 0.610. The monoisotopic (exact) mass is 251 g/mol. The number of alkyl halides is 1. The van der Waals surface area contributed by atoms with Crippen LogP contribution < -0.4 is 0 Å². The molecular weight excluding hydrogens is 238 g/mol. The third kappa shape index (κ3) is 2.98. The molecule has 0 aliphatic carbocycles. The van der Waals surface area contributed by atoms with Gasteiger partial charge in [0, 0.05) is 5.88 Å². The molecule has 17 heavy (non-hydrogen) atoms. The molecule has 0 unspecified atom stereocenters. The van der Waals surface area contributed by atoms with E-state index in [-0.39, 0.29) is 5.88 Å². The molecule has 0 saturated heterocycles. The number of carbonyl (C=O) groups is 1. The largest absolute Gasteiger partial charge is 0.462 e. The molecular formula is C13H14ClNO2. The topological polar surface area (TPSA) is 50.1 Å². The minimum Gasteiger partial charge on any atom is -0.462 e. The number of rotatable bonds is 4. The van der Waals surface area contributed by atoms with Crippen molar-refractivity contribution in [2.45, 2.75) is 26.1 Å². The predicted molar refractivity (Wildman–Crippen MR) is 66.0 cm³/mol. The number of nitriles is 1. The van der Waals surface area contributed by atoms with Crippen molar-refractivity contribution >= 4 is 17.6 Å². The standard InChI is InChI=1S/C13H14ClNO2/c1-3-11-10(7-14)5-9(8-15)6-12(11)13(16)17-4-2/h5-6H,3-4,7H2,1-2H3. The molecule has 0 fully saturated rings. The van der Waals surface area contributed by atoms with E-state index in [2.05, 4.69) is 0 Å². The van der Waals surface area contributed by atoms with Gasteiger partial charge >= 0.3 is 5.97 Å². The van der Waals surface area contributed by atoms with Crippen molar-refractivity contribution in [3.05, 3.63) is 34.4 Å². The maximum absolute atomic E-state index is 11.8. The number of halogens is 1. The smallest absolute Gasteiger partial charge is 0.338 e. The summed E-state index contributed by atoms with van der Waals surface area (Å²) >= 11 is 5.83. The maximum Gasteiger partial charge on any atom is 0.338 e. The van der Waals surface area contributed by atoms with E-state index in [4.69, 9.17) is 21.6 Å². The Morgan fingerprint density at radius 3 is 2.65 bits per heavy atom. The third-order valence-corrected chi connectivity index (χ3v) is 2.75. The van der Waals surface area contributed by atoms with Gasteiger partial charge in [0.2, 0.25) is 0 Å². The molecule has 0 amide bonds. The Morgan fingerprint density at radius 2 is 2.18 bits per heavy atom. The van der Waals surface area contributed by atoms with Crippen molar-refractivity contribution < 1.29 is 9.53 Å².